The van der Waals surface area contributed by atoms with Crippen molar-refractivity contribution in [2.75, 3.05) is 31.1 Å². The molecule has 3 aromatic rings. The van der Waals surface area contributed by atoms with Crippen LogP contribution in [0.5, 0.6) is 0 Å². The molecular formula is C18H19N7O. The summed E-state index contributed by atoms with van der Waals surface area (Å²) in [4.78, 5) is 24.9. The highest BCUT2D eigenvalue weighted by Crippen LogP contribution is 2.19. The predicted octanol–water partition coefficient (Wildman–Crippen LogP) is 1.19. The summed E-state index contributed by atoms with van der Waals surface area (Å²) in [6, 6.07) is 3.77. The van der Waals surface area contributed by atoms with Gasteiger partial charge in [-0.05, 0) is 24.6 Å². The summed E-state index contributed by atoms with van der Waals surface area (Å²) in [5.41, 5.74) is 1.67. The smallest absolute Gasteiger partial charge is 0.246 e. The lowest BCUT2D eigenvalue weighted by molar-refractivity contribution is -0.126. The molecule has 0 bridgehead atoms. The van der Waals surface area contributed by atoms with Gasteiger partial charge in [0, 0.05) is 57.0 Å². The quantitative estimate of drug-likeness (QED) is 0.661. The van der Waals surface area contributed by atoms with Crippen molar-refractivity contribution in [3.63, 3.8) is 0 Å². The summed E-state index contributed by atoms with van der Waals surface area (Å²) >= 11 is 0. The van der Waals surface area contributed by atoms with Crippen molar-refractivity contribution in [3.8, 4) is 0 Å². The molecule has 1 aliphatic rings. The predicted molar refractivity (Wildman–Crippen MR) is 97.6 cm³/mol. The van der Waals surface area contributed by atoms with E-state index in [4.69, 9.17) is 0 Å². The Hall–Kier alpha value is -3.29. The number of hydrogen-bond donors (Lipinski definition) is 0. The van der Waals surface area contributed by atoms with Gasteiger partial charge in [0.2, 0.25) is 11.6 Å². The van der Waals surface area contributed by atoms with Crippen LogP contribution in [-0.4, -0.2) is 61.6 Å². The number of aryl methyl sites for hydroxylation is 1. The topological polar surface area (TPSA) is 79.5 Å². The molecule has 0 spiro atoms. The molecule has 1 aliphatic heterocycles. The van der Waals surface area contributed by atoms with E-state index in [1.807, 2.05) is 34.6 Å². The van der Waals surface area contributed by atoms with Crippen LogP contribution in [0.15, 0.2) is 43.0 Å². The number of aromatic nitrogens is 5. The summed E-state index contributed by atoms with van der Waals surface area (Å²) in [6.07, 6.45) is 10.5. The zero-order chi connectivity index (χ0) is 17.9. The molecular weight excluding hydrogens is 330 g/mol. The minimum Gasteiger partial charge on any atom is -0.350 e. The van der Waals surface area contributed by atoms with Crippen molar-refractivity contribution in [3.05, 3.63) is 54.4 Å². The Bertz CT molecular complexity index is 943. The standard InChI is InChI=1S/C18H19N7O/c1-14-21-22-18-17(20-7-8-25(14)18)24-11-9-23(10-12-24)16(26)5-4-15-3-2-6-19-13-15/h2-8,13H,9-12H2,1H3/b5-4+. The summed E-state index contributed by atoms with van der Waals surface area (Å²) in [6.45, 7) is 4.63. The molecule has 0 unspecified atom stereocenters. The minimum absolute atomic E-state index is 0.0120. The SMILES string of the molecule is Cc1nnc2c(N3CCN(C(=O)/C=C/c4cccnc4)CC3)nccn12. The molecule has 4 rings (SSSR count). The van der Waals surface area contributed by atoms with E-state index in [-0.39, 0.29) is 5.91 Å². The van der Waals surface area contributed by atoms with Crippen LogP contribution in [0.2, 0.25) is 0 Å². The number of nitrogens with zero attached hydrogens (tertiary/aromatic N) is 7. The van der Waals surface area contributed by atoms with Gasteiger partial charge in [-0.3, -0.25) is 14.2 Å². The molecule has 8 nitrogen and oxygen atoms in total. The van der Waals surface area contributed by atoms with Crippen LogP contribution in [0.25, 0.3) is 11.7 Å². The van der Waals surface area contributed by atoms with Crippen LogP contribution in [-0.2, 0) is 4.79 Å². The highest BCUT2D eigenvalue weighted by Gasteiger charge is 2.23. The van der Waals surface area contributed by atoms with Gasteiger partial charge in [-0.1, -0.05) is 6.07 Å². The van der Waals surface area contributed by atoms with Gasteiger partial charge in [-0.15, -0.1) is 10.2 Å². The second-order valence-corrected chi connectivity index (χ2v) is 6.12. The van der Waals surface area contributed by atoms with Crippen LogP contribution in [0, 0.1) is 6.92 Å². The molecule has 26 heavy (non-hydrogen) atoms. The van der Waals surface area contributed by atoms with Crippen LogP contribution in [0.3, 0.4) is 0 Å². The normalized spacial score (nSPS) is 15.1. The first-order chi connectivity index (χ1) is 12.7. The molecule has 0 aliphatic carbocycles. The Balaban J connectivity index is 1.42. The molecule has 1 saturated heterocycles. The molecule has 1 amide bonds. The lowest BCUT2D eigenvalue weighted by Crippen LogP contribution is -2.48. The average molecular weight is 349 g/mol. The zero-order valence-electron chi connectivity index (χ0n) is 14.5. The second-order valence-electron chi connectivity index (χ2n) is 6.12. The van der Waals surface area contributed by atoms with Crippen LogP contribution in [0.1, 0.15) is 11.4 Å². The van der Waals surface area contributed by atoms with Gasteiger partial charge in [0.25, 0.3) is 0 Å². The maximum Gasteiger partial charge on any atom is 0.246 e. The number of carbonyl (C=O) groups is 1. The maximum absolute atomic E-state index is 12.4. The molecule has 0 atom stereocenters. The van der Waals surface area contributed by atoms with E-state index < -0.39 is 0 Å². The van der Waals surface area contributed by atoms with Gasteiger partial charge in [0.05, 0.1) is 0 Å². The first kappa shape index (κ1) is 16.2. The molecule has 0 N–H and O–H groups in total. The Kier molecular flexibility index (Phi) is 4.30. The van der Waals surface area contributed by atoms with Gasteiger partial charge in [-0.25, -0.2) is 4.98 Å². The van der Waals surface area contributed by atoms with E-state index >= 15 is 0 Å². The fourth-order valence-corrected chi connectivity index (χ4v) is 3.04. The third-order valence-corrected chi connectivity index (χ3v) is 4.47. The summed E-state index contributed by atoms with van der Waals surface area (Å²) < 4.78 is 1.93. The zero-order valence-corrected chi connectivity index (χ0v) is 14.5. The fourth-order valence-electron chi connectivity index (χ4n) is 3.04. The van der Waals surface area contributed by atoms with Crippen LogP contribution < -0.4 is 4.90 Å². The lowest BCUT2D eigenvalue weighted by Gasteiger charge is -2.34. The van der Waals surface area contributed by atoms with Crippen molar-refractivity contribution in [1.29, 1.82) is 0 Å². The lowest BCUT2D eigenvalue weighted by atomic mass is 10.2. The van der Waals surface area contributed by atoms with Gasteiger partial charge in [0.1, 0.15) is 5.82 Å². The maximum atomic E-state index is 12.4. The summed E-state index contributed by atoms with van der Waals surface area (Å²) in [5, 5.41) is 8.34. The number of fused-ring (bicyclic) bond motifs is 1. The molecule has 132 valence electrons. The Morgan fingerprint density at radius 3 is 2.77 bits per heavy atom. The number of amides is 1. The third-order valence-electron chi connectivity index (χ3n) is 4.47. The van der Waals surface area contributed by atoms with E-state index in [1.54, 1.807) is 30.7 Å². The number of anilines is 1. The van der Waals surface area contributed by atoms with Crippen molar-refractivity contribution in [1.82, 2.24) is 29.5 Å². The number of carbonyl (C=O) groups excluding carboxylic acids is 1. The largest absolute Gasteiger partial charge is 0.350 e. The number of piperazine rings is 1. The molecule has 0 saturated carbocycles. The van der Waals surface area contributed by atoms with Crippen molar-refractivity contribution >= 4 is 23.4 Å². The Morgan fingerprint density at radius 2 is 2.00 bits per heavy atom. The van der Waals surface area contributed by atoms with E-state index in [0.29, 0.717) is 26.2 Å². The highest BCUT2D eigenvalue weighted by atomic mass is 16.2. The van der Waals surface area contributed by atoms with Gasteiger partial charge in [0.15, 0.2) is 5.82 Å². The fraction of sp³-hybridized carbons (Fsp3) is 0.278. The monoisotopic (exact) mass is 349 g/mol. The molecule has 0 aromatic carbocycles. The average Bonchev–Trinajstić information content (AvgIpc) is 3.08. The van der Waals surface area contributed by atoms with E-state index in [2.05, 4.69) is 25.1 Å². The number of hydrogen-bond acceptors (Lipinski definition) is 6. The number of rotatable bonds is 3. The van der Waals surface area contributed by atoms with E-state index in [0.717, 1.165) is 22.9 Å². The van der Waals surface area contributed by atoms with Crippen LogP contribution >= 0.6 is 0 Å². The summed E-state index contributed by atoms with van der Waals surface area (Å²) in [7, 11) is 0. The van der Waals surface area contributed by atoms with E-state index in [1.165, 1.54) is 0 Å². The highest BCUT2D eigenvalue weighted by molar-refractivity contribution is 5.91. The minimum atomic E-state index is 0.0120. The first-order valence-electron chi connectivity index (χ1n) is 8.51. The Morgan fingerprint density at radius 1 is 1.15 bits per heavy atom. The van der Waals surface area contributed by atoms with Crippen LogP contribution in [0.4, 0.5) is 5.82 Å². The van der Waals surface area contributed by atoms with Crippen molar-refractivity contribution in [2.24, 2.45) is 0 Å². The van der Waals surface area contributed by atoms with Gasteiger partial charge in [-0.2, -0.15) is 0 Å². The third kappa shape index (κ3) is 3.13. The Labute approximate surface area is 150 Å². The van der Waals surface area contributed by atoms with Crippen molar-refractivity contribution < 1.29 is 4.79 Å². The molecule has 8 heteroatoms. The molecule has 4 heterocycles. The summed E-state index contributed by atoms with van der Waals surface area (Å²) in [5.74, 6) is 1.65. The van der Waals surface area contributed by atoms with Crippen molar-refractivity contribution in [2.45, 2.75) is 6.92 Å². The second kappa shape index (κ2) is 6.91. The van der Waals surface area contributed by atoms with Gasteiger partial charge >= 0.3 is 0 Å². The molecule has 0 radical (unpaired) electrons. The van der Waals surface area contributed by atoms with E-state index in [9.17, 15) is 4.79 Å². The molecule has 1 fully saturated rings. The molecule has 3 aromatic heterocycles. The first-order valence-corrected chi connectivity index (χ1v) is 8.51. The van der Waals surface area contributed by atoms with Gasteiger partial charge < -0.3 is 9.80 Å². The number of pyridine rings is 1.